The molecule has 2 aromatic heterocycles. The molecule has 1 atom stereocenters. The van der Waals surface area contributed by atoms with Crippen molar-refractivity contribution in [3.8, 4) is 10.6 Å². The minimum absolute atomic E-state index is 0.0395. The number of thiazole rings is 1. The maximum atomic E-state index is 12.5. The van der Waals surface area contributed by atoms with Crippen molar-refractivity contribution in [3.63, 3.8) is 0 Å². The largest absolute Gasteiger partial charge is 0.354 e. The summed E-state index contributed by atoms with van der Waals surface area (Å²) in [6.45, 7) is 2.55. The highest BCUT2D eigenvalue weighted by Crippen LogP contribution is 2.34. The number of hydrogen-bond donors (Lipinski definition) is 1. The molecule has 0 spiro atoms. The lowest BCUT2D eigenvalue weighted by Gasteiger charge is -2.21. The number of nitrogens with one attached hydrogen (secondary N) is 1. The van der Waals surface area contributed by atoms with E-state index in [0.29, 0.717) is 19.5 Å². The Labute approximate surface area is 162 Å². The number of rotatable bonds is 5. The molecular weight excluding hydrogens is 362 g/mol. The van der Waals surface area contributed by atoms with Crippen molar-refractivity contribution < 1.29 is 9.59 Å². The molecule has 2 aliphatic rings. The molecule has 1 unspecified atom stereocenters. The van der Waals surface area contributed by atoms with Crippen molar-refractivity contribution in [1.29, 1.82) is 0 Å². The fraction of sp³-hybridized carbons (Fsp3) is 0.474. The van der Waals surface area contributed by atoms with E-state index in [1.165, 1.54) is 4.88 Å². The van der Waals surface area contributed by atoms with Crippen LogP contribution in [0.15, 0.2) is 24.5 Å². The zero-order valence-corrected chi connectivity index (χ0v) is 16.2. The quantitative estimate of drug-likeness (QED) is 0.851. The Kier molecular flexibility index (Phi) is 5.07. The Morgan fingerprint density at radius 2 is 2.15 bits per heavy atom. The SMILES string of the molecule is CN1CCN(CCNC(=O)C2CCc3sc(-c4ccncc4)nc3C2)C1=O. The van der Waals surface area contributed by atoms with Gasteiger partial charge in [-0.05, 0) is 25.0 Å². The van der Waals surface area contributed by atoms with E-state index < -0.39 is 0 Å². The molecule has 1 aliphatic heterocycles. The van der Waals surface area contributed by atoms with Gasteiger partial charge in [0.25, 0.3) is 0 Å². The van der Waals surface area contributed by atoms with Gasteiger partial charge in [-0.2, -0.15) is 0 Å². The second kappa shape index (κ2) is 7.64. The van der Waals surface area contributed by atoms with Crippen molar-refractivity contribution in [2.45, 2.75) is 19.3 Å². The Bertz CT molecular complexity index is 838. The third-order valence-electron chi connectivity index (χ3n) is 5.22. The normalized spacial score (nSPS) is 19.3. The van der Waals surface area contributed by atoms with Crippen LogP contribution in [0.25, 0.3) is 10.6 Å². The zero-order chi connectivity index (χ0) is 18.8. The summed E-state index contributed by atoms with van der Waals surface area (Å²) in [5, 5.41) is 4.00. The first-order valence-corrected chi connectivity index (χ1v) is 10.1. The Morgan fingerprint density at radius 3 is 2.89 bits per heavy atom. The van der Waals surface area contributed by atoms with Crippen molar-refractivity contribution >= 4 is 23.3 Å². The van der Waals surface area contributed by atoms with Gasteiger partial charge in [-0.1, -0.05) is 0 Å². The number of carbonyl (C=O) groups excluding carboxylic acids is 2. The molecule has 1 fully saturated rings. The predicted molar refractivity (Wildman–Crippen MR) is 103 cm³/mol. The average Bonchev–Trinajstić information content (AvgIpc) is 3.26. The standard InChI is InChI=1S/C19H23N5O2S/c1-23-10-11-24(19(23)26)9-8-21-17(25)14-2-3-16-15(12-14)22-18(27-16)13-4-6-20-7-5-13/h4-7,14H,2-3,8-12H2,1H3,(H,21,25). The van der Waals surface area contributed by atoms with Crippen molar-refractivity contribution in [2.24, 2.45) is 5.92 Å². The van der Waals surface area contributed by atoms with Crippen LogP contribution in [0.4, 0.5) is 4.79 Å². The Balaban J connectivity index is 1.32. The molecule has 8 heteroatoms. The van der Waals surface area contributed by atoms with Crippen LogP contribution >= 0.6 is 11.3 Å². The van der Waals surface area contributed by atoms with Gasteiger partial charge in [0.2, 0.25) is 5.91 Å². The minimum Gasteiger partial charge on any atom is -0.354 e. The van der Waals surface area contributed by atoms with E-state index in [1.54, 1.807) is 40.6 Å². The summed E-state index contributed by atoms with van der Waals surface area (Å²) < 4.78 is 0. The third kappa shape index (κ3) is 3.80. The number of urea groups is 1. The summed E-state index contributed by atoms with van der Waals surface area (Å²) in [4.78, 5) is 38.0. The van der Waals surface area contributed by atoms with Gasteiger partial charge in [0.05, 0.1) is 5.69 Å². The number of aromatic nitrogens is 2. The highest BCUT2D eigenvalue weighted by atomic mass is 32.1. The highest BCUT2D eigenvalue weighted by molar-refractivity contribution is 7.15. The molecule has 0 saturated carbocycles. The number of amides is 3. The number of likely N-dealkylation sites (N-methyl/N-ethyl adjacent to an activating group) is 1. The number of hydrogen-bond acceptors (Lipinski definition) is 5. The van der Waals surface area contributed by atoms with Crippen LogP contribution in [0, 0.1) is 5.92 Å². The van der Waals surface area contributed by atoms with Crippen LogP contribution < -0.4 is 5.32 Å². The van der Waals surface area contributed by atoms with E-state index in [1.807, 2.05) is 12.1 Å². The predicted octanol–water partition coefficient (Wildman–Crippen LogP) is 1.79. The fourth-order valence-corrected chi connectivity index (χ4v) is 4.70. The molecule has 2 aromatic rings. The molecule has 1 aliphatic carbocycles. The van der Waals surface area contributed by atoms with Crippen LogP contribution in [0.1, 0.15) is 17.0 Å². The van der Waals surface area contributed by atoms with E-state index in [2.05, 4.69) is 10.3 Å². The lowest BCUT2D eigenvalue weighted by molar-refractivity contribution is -0.125. The van der Waals surface area contributed by atoms with Crippen LogP contribution in [-0.2, 0) is 17.6 Å². The van der Waals surface area contributed by atoms with Gasteiger partial charge in [-0.15, -0.1) is 11.3 Å². The first-order valence-electron chi connectivity index (χ1n) is 9.28. The van der Waals surface area contributed by atoms with E-state index in [9.17, 15) is 9.59 Å². The number of aryl methyl sites for hydroxylation is 1. The lowest BCUT2D eigenvalue weighted by Crippen LogP contribution is -2.40. The van der Waals surface area contributed by atoms with Crippen molar-refractivity contribution in [2.75, 3.05) is 33.2 Å². The molecule has 7 nitrogen and oxygen atoms in total. The first-order chi connectivity index (χ1) is 13.1. The number of fused-ring (bicyclic) bond motifs is 1. The van der Waals surface area contributed by atoms with E-state index in [0.717, 1.165) is 42.2 Å². The van der Waals surface area contributed by atoms with Gasteiger partial charge in [0.1, 0.15) is 5.01 Å². The Morgan fingerprint density at radius 1 is 1.33 bits per heavy atom. The summed E-state index contributed by atoms with van der Waals surface area (Å²) in [5.74, 6) is 0.0287. The molecule has 142 valence electrons. The summed E-state index contributed by atoms with van der Waals surface area (Å²) in [5.41, 5.74) is 2.13. The molecule has 0 aromatic carbocycles. The molecule has 3 amide bonds. The van der Waals surface area contributed by atoms with Crippen LogP contribution in [-0.4, -0.2) is 64.9 Å². The van der Waals surface area contributed by atoms with Gasteiger partial charge in [-0.25, -0.2) is 9.78 Å². The topological polar surface area (TPSA) is 78.4 Å². The maximum absolute atomic E-state index is 12.5. The second-order valence-corrected chi connectivity index (χ2v) is 8.13. The van der Waals surface area contributed by atoms with Gasteiger partial charge < -0.3 is 15.1 Å². The monoisotopic (exact) mass is 385 g/mol. The second-order valence-electron chi connectivity index (χ2n) is 7.05. The maximum Gasteiger partial charge on any atom is 0.319 e. The smallest absolute Gasteiger partial charge is 0.319 e. The van der Waals surface area contributed by atoms with Crippen molar-refractivity contribution in [1.82, 2.24) is 25.1 Å². The van der Waals surface area contributed by atoms with Crippen LogP contribution in [0.3, 0.4) is 0 Å². The summed E-state index contributed by atoms with van der Waals surface area (Å²) in [7, 11) is 1.80. The molecule has 1 saturated heterocycles. The molecule has 27 heavy (non-hydrogen) atoms. The first kappa shape index (κ1) is 17.9. The van der Waals surface area contributed by atoms with E-state index in [-0.39, 0.29) is 17.9 Å². The van der Waals surface area contributed by atoms with Gasteiger partial charge in [0, 0.05) is 68.4 Å². The molecule has 4 rings (SSSR count). The summed E-state index contributed by atoms with van der Waals surface area (Å²) in [6.07, 6.45) is 5.98. The lowest BCUT2D eigenvalue weighted by atomic mass is 9.90. The molecule has 0 bridgehead atoms. The molecule has 1 N–H and O–H groups in total. The van der Waals surface area contributed by atoms with Gasteiger partial charge in [-0.3, -0.25) is 9.78 Å². The highest BCUT2D eigenvalue weighted by Gasteiger charge is 2.28. The number of nitrogens with zero attached hydrogens (tertiary/aromatic N) is 4. The third-order valence-corrected chi connectivity index (χ3v) is 6.43. The summed E-state index contributed by atoms with van der Waals surface area (Å²) >= 11 is 1.72. The van der Waals surface area contributed by atoms with Crippen LogP contribution in [0.2, 0.25) is 0 Å². The van der Waals surface area contributed by atoms with Gasteiger partial charge >= 0.3 is 6.03 Å². The Hall–Kier alpha value is -2.48. The zero-order valence-electron chi connectivity index (χ0n) is 15.4. The fourth-order valence-electron chi connectivity index (χ4n) is 3.59. The number of pyridine rings is 1. The van der Waals surface area contributed by atoms with Crippen molar-refractivity contribution in [3.05, 3.63) is 35.1 Å². The molecular formula is C19H23N5O2S. The number of carbonyl (C=O) groups is 2. The average molecular weight is 385 g/mol. The van der Waals surface area contributed by atoms with Gasteiger partial charge in [0.15, 0.2) is 0 Å². The van der Waals surface area contributed by atoms with E-state index >= 15 is 0 Å². The van der Waals surface area contributed by atoms with Crippen LogP contribution in [0.5, 0.6) is 0 Å². The molecule has 3 heterocycles. The summed E-state index contributed by atoms with van der Waals surface area (Å²) in [6, 6.07) is 3.97. The molecule has 0 radical (unpaired) electrons. The van der Waals surface area contributed by atoms with E-state index in [4.69, 9.17) is 4.98 Å². The minimum atomic E-state index is -0.0400.